The standard InChI is InChI=1S/C22H22ClN7O3/c1-22(2,3)33-21(31)30-16-8-17(32-4)15(7-13(16)10-27-30)28-19-9-20(26-12-25-19)29-18-6-5-14(23)11-24-18/h5-12H,1-4H3,(H2,24,25,26,28,29). The molecular formula is C22H22ClN7O3. The van der Waals surface area contributed by atoms with E-state index in [0.29, 0.717) is 39.4 Å². The highest BCUT2D eigenvalue weighted by atomic mass is 35.5. The Morgan fingerprint density at radius 1 is 1.00 bits per heavy atom. The Bertz CT molecular complexity index is 1300. The smallest absolute Gasteiger partial charge is 0.435 e. The maximum atomic E-state index is 12.5. The van der Waals surface area contributed by atoms with Gasteiger partial charge in [-0.3, -0.25) is 0 Å². The van der Waals surface area contributed by atoms with Gasteiger partial charge in [-0.05, 0) is 39.0 Å². The molecule has 0 saturated carbocycles. The number of nitrogens with zero attached hydrogens (tertiary/aromatic N) is 5. The van der Waals surface area contributed by atoms with Gasteiger partial charge in [0.15, 0.2) is 0 Å². The molecule has 3 heterocycles. The molecule has 3 aromatic heterocycles. The summed E-state index contributed by atoms with van der Waals surface area (Å²) in [5, 5.41) is 11.8. The number of carbonyl (C=O) groups excluding carboxylic acids is 1. The Hall–Kier alpha value is -3.92. The number of carbonyl (C=O) groups is 1. The first-order chi connectivity index (χ1) is 15.7. The van der Waals surface area contributed by atoms with Gasteiger partial charge in [-0.25, -0.2) is 19.7 Å². The normalized spacial score (nSPS) is 11.3. The molecule has 0 spiro atoms. The van der Waals surface area contributed by atoms with Crippen molar-refractivity contribution in [3.8, 4) is 5.75 Å². The molecule has 0 amide bonds. The number of hydrogen-bond donors (Lipinski definition) is 2. The van der Waals surface area contributed by atoms with Gasteiger partial charge in [0.05, 0.1) is 29.5 Å². The number of fused-ring (bicyclic) bond motifs is 1. The second kappa shape index (κ2) is 8.91. The van der Waals surface area contributed by atoms with Crippen LogP contribution in [-0.4, -0.2) is 43.5 Å². The molecule has 0 unspecified atom stereocenters. The van der Waals surface area contributed by atoms with E-state index in [4.69, 9.17) is 21.1 Å². The van der Waals surface area contributed by atoms with Crippen molar-refractivity contribution in [2.45, 2.75) is 26.4 Å². The number of pyridine rings is 1. The van der Waals surface area contributed by atoms with Crippen molar-refractivity contribution in [1.82, 2.24) is 24.7 Å². The van der Waals surface area contributed by atoms with Gasteiger partial charge in [0.1, 0.15) is 35.1 Å². The maximum Gasteiger partial charge on any atom is 0.435 e. The summed E-state index contributed by atoms with van der Waals surface area (Å²) in [4.78, 5) is 25.2. The zero-order valence-electron chi connectivity index (χ0n) is 18.5. The molecule has 11 heteroatoms. The predicted molar refractivity (Wildman–Crippen MR) is 126 cm³/mol. The third kappa shape index (κ3) is 5.29. The van der Waals surface area contributed by atoms with Gasteiger partial charge in [-0.15, -0.1) is 0 Å². The van der Waals surface area contributed by atoms with Crippen molar-refractivity contribution in [1.29, 1.82) is 0 Å². The zero-order valence-corrected chi connectivity index (χ0v) is 19.2. The molecule has 0 saturated heterocycles. The Morgan fingerprint density at radius 2 is 1.76 bits per heavy atom. The van der Waals surface area contributed by atoms with Crippen molar-refractivity contribution < 1.29 is 14.3 Å². The minimum absolute atomic E-state index is 0.500. The molecule has 4 aromatic rings. The number of halogens is 1. The van der Waals surface area contributed by atoms with Crippen LogP contribution in [0.15, 0.2) is 49.1 Å². The summed E-state index contributed by atoms with van der Waals surface area (Å²) in [5.41, 5.74) is 0.565. The fourth-order valence-corrected chi connectivity index (χ4v) is 3.10. The van der Waals surface area contributed by atoms with E-state index < -0.39 is 11.7 Å². The van der Waals surface area contributed by atoms with Gasteiger partial charge >= 0.3 is 6.09 Å². The molecule has 33 heavy (non-hydrogen) atoms. The van der Waals surface area contributed by atoms with Crippen LogP contribution in [0.3, 0.4) is 0 Å². The van der Waals surface area contributed by atoms with Crippen LogP contribution < -0.4 is 15.4 Å². The number of anilines is 4. The second-order valence-electron chi connectivity index (χ2n) is 8.05. The fourth-order valence-electron chi connectivity index (χ4n) is 2.98. The Morgan fingerprint density at radius 3 is 2.42 bits per heavy atom. The summed E-state index contributed by atoms with van der Waals surface area (Å²) in [5.74, 6) is 2.16. The molecule has 0 aliphatic carbocycles. The number of nitrogens with one attached hydrogen (secondary N) is 2. The number of methoxy groups -OCH3 is 1. The van der Waals surface area contributed by atoms with Crippen LogP contribution in [0, 0.1) is 0 Å². The average molecular weight is 468 g/mol. The summed E-state index contributed by atoms with van der Waals surface area (Å²) in [6, 6.07) is 8.74. The molecule has 0 aliphatic heterocycles. The lowest BCUT2D eigenvalue weighted by molar-refractivity contribution is 0.0522. The quantitative estimate of drug-likeness (QED) is 0.410. The zero-order chi connectivity index (χ0) is 23.6. The van der Waals surface area contributed by atoms with Crippen LogP contribution in [0.2, 0.25) is 5.02 Å². The SMILES string of the molecule is COc1cc2c(cnn2C(=O)OC(C)(C)C)cc1Nc1cc(Nc2ccc(Cl)cn2)ncn1. The number of rotatable bonds is 5. The highest BCUT2D eigenvalue weighted by molar-refractivity contribution is 6.30. The lowest BCUT2D eigenvalue weighted by atomic mass is 10.2. The predicted octanol–water partition coefficient (Wildman–Crippen LogP) is 5.15. The maximum absolute atomic E-state index is 12.5. The van der Waals surface area contributed by atoms with E-state index in [1.54, 1.807) is 64.5 Å². The topological polar surface area (TPSA) is 116 Å². The Kier molecular flexibility index (Phi) is 6.01. The van der Waals surface area contributed by atoms with Crippen molar-refractivity contribution in [2.24, 2.45) is 0 Å². The van der Waals surface area contributed by atoms with Gasteiger partial charge < -0.3 is 20.1 Å². The average Bonchev–Trinajstić information content (AvgIpc) is 3.17. The molecule has 0 aliphatic rings. The van der Waals surface area contributed by atoms with E-state index >= 15 is 0 Å². The highest BCUT2D eigenvalue weighted by Gasteiger charge is 2.21. The third-order valence-corrected chi connectivity index (χ3v) is 4.59. The second-order valence-corrected chi connectivity index (χ2v) is 8.48. The van der Waals surface area contributed by atoms with Crippen molar-refractivity contribution in [2.75, 3.05) is 17.7 Å². The van der Waals surface area contributed by atoms with Gasteiger partial charge in [0.25, 0.3) is 0 Å². The van der Waals surface area contributed by atoms with E-state index in [-0.39, 0.29) is 0 Å². The monoisotopic (exact) mass is 467 g/mol. The van der Waals surface area contributed by atoms with E-state index in [1.165, 1.54) is 11.0 Å². The number of benzene rings is 1. The summed E-state index contributed by atoms with van der Waals surface area (Å²) in [7, 11) is 1.54. The van der Waals surface area contributed by atoms with Crippen LogP contribution in [0.25, 0.3) is 10.9 Å². The Balaban J connectivity index is 1.60. The molecule has 170 valence electrons. The van der Waals surface area contributed by atoms with Crippen molar-refractivity contribution in [3.05, 3.63) is 54.1 Å². The first-order valence-electron chi connectivity index (χ1n) is 9.98. The molecule has 1 aromatic carbocycles. The Labute approximate surface area is 194 Å². The van der Waals surface area contributed by atoms with Gasteiger partial charge in [0, 0.05) is 23.7 Å². The van der Waals surface area contributed by atoms with Crippen molar-refractivity contribution in [3.63, 3.8) is 0 Å². The van der Waals surface area contributed by atoms with Gasteiger partial charge in [-0.1, -0.05) is 11.6 Å². The minimum Gasteiger partial charge on any atom is -0.494 e. The molecule has 10 nitrogen and oxygen atoms in total. The molecule has 0 atom stereocenters. The van der Waals surface area contributed by atoms with E-state index in [2.05, 4.69) is 30.7 Å². The first kappa shape index (κ1) is 22.3. The summed E-state index contributed by atoms with van der Waals surface area (Å²) in [6.45, 7) is 5.40. The third-order valence-electron chi connectivity index (χ3n) is 4.37. The van der Waals surface area contributed by atoms with E-state index in [9.17, 15) is 4.79 Å². The molecular weight excluding hydrogens is 446 g/mol. The van der Waals surface area contributed by atoms with Crippen LogP contribution in [0.4, 0.5) is 27.9 Å². The lowest BCUT2D eigenvalue weighted by Crippen LogP contribution is -2.27. The molecule has 0 radical (unpaired) electrons. The van der Waals surface area contributed by atoms with Crippen LogP contribution in [0.1, 0.15) is 20.8 Å². The molecule has 4 rings (SSSR count). The minimum atomic E-state index is -0.638. The summed E-state index contributed by atoms with van der Waals surface area (Å²) in [6.07, 6.45) is 3.99. The van der Waals surface area contributed by atoms with Gasteiger partial charge in [0.2, 0.25) is 0 Å². The molecule has 2 N–H and O–H groups in total. The number of aromatic nitrogens is 5. The fraction of sp³-hybridized carbons (Fsp3) is 0.227. The van der Waals surface area contributed by atoms with Crippen molar-refractivity contribution >= 4 is 51.7 Å². The molecule has 0 bridgehead atoms. The number of ether oxygens (including phenoxy) is 2. The molecule has 0 fully saturated rings. The van der Waals surface area contributed by atoms with Crippen LogP contribution >= 0.6 is 11.6 Å². The summed E-state index contributed by atoms with van der Waals surface area (Å²) < 4.78 is 12.2. The summed E-state index contributed by atoms with van der Waals surface area (Å²) >= 11 is 5.88. The van der Waals surface area contributed by atoms with E-state index in [1.807, 2.05) is 6.07 Å². The van der Waals surface area contributed by atoms with Crippen LogP contribution in [0.5, 0.6) is 5.75 Å². The van der Waals surface area contributed by atoms with E-state index in [0.717, 1.165) is 5.39 Å². The highest BCUT2D eigenvalue weighted by Crippen LogP contribution is 2.33. The largest absolute Gasteiger partial charge is 0.494 e. The van der Waals surface area contributed by atoms with Crippen LogP contribution in [-0.2, 0) is 4.74 Å². The first-order valence-corrected chi connectivity index (χ1v) is 10.4. The number of hydrogen-bond acceptors (Lipinski definition) is 9. The van der Waals surface area contributed by atoms with Gasteiger partial charge in [-0.2, -0.15) is 9.78 Å². The lowest BCUT2D eigenvalue weighted by Gasteiger charge is -2.19.